The summed E-state index contributed by atoms with van der Waals surface area (Å²) in [6, 6.07) is 7.55. The Morgan fingerprint density at radius 3 is 2.35 bits per heavy atom. The van der Waals surface area contributed by atoms with Crippen molar-refractivity contribution in [3.8, 4) is 0 Å². The van der Waals surface area contributed by atoms with Gasteiger partial charge >= 0.3 is 0 Å². The lowest BCUT2D eigenvalue weighted by molar-refractivity contribution is 0.0845. The summed E-state index contributed by atoms with van der Waals surface area (Å²) in [7, 11) is 0. The minimum Gasteiger partial charge on any atom is -0.466 e. The van der Waals surface area contributed by atoms with Crippen LogP contribution in [0, 0.1) is 27.7 Å². The van der Waals surface area contributed by atoms with Crippen LogP contribution in [0.1, 0.15) is 48.5 Å². The largest absolute Gasteiger partial charge is 0.466 e. The molecule has 2 N–H and O–H groups in total. The lowest BCUT2D eigenvalue weighted by Gasteiger charge is -2.09. The predicted octanol–water partition coefficient (Wildman–Crippen LogP) is 3.50. The Labute approximate surface area is 155 Å². The number of carbonyl (C=O) groups excluding carboxylic acids is 2. The fourth-order valence-corrected chi connectivity index (χ4v) is 3.63. The summed E-state index contributed by atoms with van der Waals surface area (Å²) < 4.78 is 7.43. The quantitative estimate of drug-likeness (QED) is 0.689. The second-order valence-electron chi connectivity index (χ2n) is 6.19. The van der Waals surface area contributed by atoms with E-state index in [4.69, 9.17) is 4.42 Å². The van der Waals surface area contributed by atoms with Gasteiger partial charge in [-0.15, -0.1) is 11.3 Å². The van der Waals surface area contributed by atoms with Crippen molar-refractivity contribution < 1.29 is 14.0 Å². The van der Waals surface area contributed by atoms with Gasteiger partial charge in [-0.25, -0.2) is 0 Å². The maximum Gasteiger partial charge on any atom is 0.273 e. The molecule has 136 valence electrons. The Kier molecular flexibility index (Phi) is 4.99. The van der Waals surface area contributed by atoms with E-state index < -0.39 is 5.91 Å². The summed E-state index contributed by atoms with van der Waals surface area (Å²) in [5.41, 5.74) is 7.73. The number of hydrogen-bond donors (Lipinski definition) is 2. The first-order valence-electron chi connectivity index (χ1n) is 8.23. The molecule has 3 heterocycles. The number of furan rings is 1. The molecule has 0 spiro atoms. The van der Waals surface area contributed by atoms with E-state index in [-0.39, 0.29) is 5.91 Å². The molecule has 0 aliphatic carbocycles. The first kappa shape index (κ1) is 18.0. The Morgan fingerprint density at radius 2 is 1.77 bits per heavy atom. The van der Waals surface area contributed by atoms with Gasteiger partial charge in [0.25, 0.3) is 11.8 Å². The molecule has 2 amide bonds. The molecule has 0 fully saturated rings. The molecule has 0 aromatic carbocycles. The molecule has 0 atom stereocenters. The van der Waals surface area contributed by atoms with Crippen LogP contribution in [0.25, 0.3) is 0 Å². The van der Waals surface area contributed by atoms with Gasteiger partial charge in [0, 0.05) is 16.3 Å². The fourth-order valence-electron chi connectivity index (χ4n) is 2.94. The number of nitrogens with zero attached hydrogens (tertiary/aromatic N) is 1. The summed E-state index contributed by atoms with van der Waals surface area (Å²) in [4.78, 5) is 25.9. The first-order valence-corrected chi connectivity index (χ1v) is 9.11. The highest BCUT2D eigenvalue weighted by atomic mass is 32.1. The number of thiophene rings is 1. The van der Waals surface area contributed by atoms with E-state index in [1.165, 1.54) is 4.88 Å². The van der Waals surface area contributed by atoms with Gasteiger partial charge in [0.1, 0.15) is 11.5 Å². The zero-order valence-electron chi connectivity index (χ0n) is 15.2. The Balaban J connectivity index is 1.70. The van der Waals surface area contributed by atoms with E-state index in [2.05, 4.69) is 21.5 Å². The van der Waals surface area contributed by atoms with Crippen LogP contribution in [0.15, 0.2) is 34.1 Å². The van der Waals surface area contributed by atoms with Gasteiger partial charge in [-0.05, 0) is 51.3 Å². The van der Waals surface area contributed by atoms with E-state index in [1.54, 1.807) is 31.3 Å². The number of hydrogen-bond acceptors (Lipinski definition) is 4. The van der Waals surface area contributed by atoms with Crippen LogP contribution in [-0.2, 0) is 6.54 Å². The third kappa shape index (κ3) is 3.57. The summed E-state index contributed by atoms with van der Waals surface area (Å²) in [5.74, 6) is 0.418. The number of amides is 2. The third-order valence-corrected chi connectivity index (χ3v) is 5.15. The van der Waals surface area contributed by atoms with Gasteiger partial charge in [0.2, 0.25) is 0 Å². The summed E-state index contributed by atoms with van der Waals surface area (Å²) >= 11 is 1.68. The van der Waals surface area contributed by atoms with Crippen molar-refractivity contribution in [1.82, 2.24) is 15.4 Å². The van der Waals surface area contributed by atoms with Crippen molar-refractivity contribution >= 4 is 23.2 Å². The van der Waals surface area contributed by atoms with Gasteiger partial charge in [0.15, 0.2) is 0 Å². The lowest BCUT2D eigenvalue weighted by Crippen LogP contribution is -2.41. The fraction of sp³-hybridized carbons (Fsp3) is 0.263. The van der Waals surface area contributed by atoms with Crippen molar-refractivity contribution in [3.63, 3.8) is 0 Å². The molecule has 3 aromatic heterocycles. The average molecular weight is 371 g/mol. The third-order valence-electron chi connectivity index (χ3n) is 4.29. The molecule has 0 saturated heterocycles. The molecule has 0 aliphatic rings. The zero-order chi connectivity index (χ0) is 18.8. The van der Waals surface area contributed by atoms with Crippen molar-refractivity contribution in [3.05, 3.63) is 68.6 Å². The van der Waals surface area contributed by atoms with E-state index in [0.29, 0.717) is 22.6 Å². The van der Waals surface area contributed by atoms with E-state index >= 15 is 0 Å². The Morgan fingerprint density at radius 1 is 1.08 bits per heavy atom. The zero-order valence-corrected chi connectivity index (χ0v) is 16.0. The second kappa shape index (κ2) is 7.21. The molecule has 0 unspecified atom stereocenters. The van der Waals surface area contributed by atoms with Gasteiger partial charge in [-0.3, -0.25) is 20.4 Å². The van der Waals surface area contributed by atoms with Crippen LogP contribution >= 0.6 is 11.3 Å². The van der Waals surface area contributed by atoms with Crippen molar-refractivity contribution in [2.45, 2.75) is 34.2 Å². The van der Waals surface area contributed by atoms with E-state index in [0.717, 1.165) is 17.9 Å². The highest BCUT2D eigenvalue weighted by molar-refractivity contribution is 7.09. The maximum atomic E-state index is 12.5. The van der Waals surface area contributed by atoms with Crippen molar-refractivity contribution in [2.24, 2.45) is 0 Å². The Hall–Kier alpha value is -2.80. The summed E-state index contributed by atoms with van der Waals surface area (Å²) in [6.45, 7) is 8.07. The van der Waals surface area contributed by atoms with Gasteiger partial charge in [0.05, 0.1) is 17.7 Å². The normalized spacial score (nSPS) is 10.8. The van der Waals surface area contributed by atoms with Crippen LogP contribution in [0.5, 0.6) is 0 Å². The van der Waals surface area contributed by atoms with Gasteiger partial charge < -0.3 is 8.98 Å². The summed E-state index contributed by atoms with van der Waals surface area (Å²) in [6.07, 6.45) is 0. The highest BCUT2D eigenvalue weighted by Crippen LogP contribution is 2.19. The van der Waals surface area contributed by atoms with E-state index in [9.17, 15) is 9.59 Å². The van der Waals surface area contributed by atoms with Crippen LogP contribution in [0.3, 0.4) is 0 Å². The molecule has 0 aliphatic heterocycles. The second-order valence-corrected chi connectivity index (χ2v) is 7.22. The average Bonchev–Trinajstić information content (AvgIpc) is 3.29. The molecule has 26 heavy (non-hydrogen) atoms. The Bertz CT molecular complexity index is 951. The number of nitrogens with one attached hydrogen (secondary N) is 2. The smallest absolute Gasteiger partial charge is 0.273 e. The molecule has 3 rings (SSSR count). The minimum absolute atomic E-state index is 0.346. The van der Waals surface area contributed by atoms with Crippen LogP contribution < -0.4 is 10.9 Å². The predicted molar refractivity (Wildman–Crippen MR) is 100 cm³/mol. The summed E-state index contributed by atoms with van der Waals surface area (Å²) in [5, 5.41) is 2.03. The number of rotatable bonds is 4. The molecule has 0 bridgehead atoms. The molecule has 0 radical (unpaired) electrons. The molecular formula is C19H21N3O3S. The SMILES string of the molecule is Cc1cc(C(=O)NNC(=O)c2cc(C)n(Cc3cccs3)c2C)c(C)o1. The molecule has 7 heteroatoms. The minimum atomic E-state index is -0.403. The number of hydrazine groups is 1. The van der Waals surface area contributed by atoms with Gasteiger partial charge in [-0.2, -0.15) is 0 Å². The number of aryl methyl sites for hydroxylation is 3. The topological polar surface area (TPSA) is 76.3 Å². The van der Waals surface area contributed by atoms with Crippen molar-refractivity contribution in [2.75, 3.05) is 0 Å². The van der Waals surface area contributed by atoms with Crippen molar-refractivity contribution in [1.29, 1.82) is 0 Å². The van der Waals surface area contributed by atoms with E-state index in [1.807, 2.05) is 31.4 Å². The van der Waals surface area contributed by atoms with Crippen LogP contribution in [-0.4, -0.2) is 16.4 Å². The maximum absolute atomic E-state index is 12.5. The molecule has 3 aromatic rings. The molecular weight excluding hydrogens is 350 g/mol. The monoisotopic (exact) mass is 371 g/mol. The van der Waals surface area contributed by atoms with Crippen LogP contribution in [0.2, 0.25) is 0 Å². The highest BCUT2D eigenvalue weighted by Gasteiger charge is 2.18. The number of carbonyl (C=O) groups is 2. The van der Waals surface area contributed by atoms with Gasteiger partial charge in [-0.1, -0.05) is 6.07 Å². The lowest BCUT2D eigenvalue weighted by atomic mass is 10.2. The number of aromatic nitrogens is 1. The molecule has 0 saturated carbocycles. The first-order chi connectivity index (χ1) is 12.4. The standard InChI is InChI=1S/C19H21N3O3S/c1-11-8-16(13(3)22(11)10-15-6-5-7-26-15)18(23)20-21-19(24)17-9-12(2)25-14(17)4/h5-9H,10H2,1-4H3,(H,20,23)(H,21,24). The van der Waals surface area contributed by atoms with Crippen LogP contribution in [0.4, 0.5) is 0 Å². The molecule has 6 nitrogen and oxygen atoms in total.